The number of fused-ring (bicyclic) bond motifs is 2. The molecule has 0 unspecified atom stereocenters. The van der Waals surface area contributed by atoms with Crippen LogP contribution in [0.5, 0.6) is 17.2 Å². The van der Waals surface area contributed by atoms with Gasteiger partial charge in [-0.15, -0.1) is 0 Å². The molecule has 1 N–H and O–H groups in total. The molecule has 0 aliphatic carbocycles. The molecule has 30 heavy (non-hydrogen) atoms. The molecular formula is C22H21NO7. The third-order valence-electron chi connectivity index (χ3n) is 4.67. The number of carbonyl (C=O) groups is 2. The number of hydrogen-bond acceptors (Lipinski definition) is 7. The number of benzene rings is 2. The second kappa shape index (κ2) is 8.36. The largest absolute Gasteiger partial charge is 0.494 e. The zero-order valence-corrected chi connectivity index (χ0v) is 16.7. The molecule has 0 spiro atoms. The maximum absolute atomic E-state index is 12.4. The highest BCUT2D eigenvalue weighted by molar-refractivity contribution is 5.97. The van der Waals surface area contributed by atoms with Crippen molar-refractivity contribution < 1.29 is 33.0 Å². The lowest BCUT2D eigenvalue weighted by Crippen LogP contribution is -2.28. The van der Waals surface area contributed by atoms with Crippen LogP contribution in [0.25, 0.3) is 11.0 Å². The normalized spacial score (nSPS) is 12.1. The van der Waals surface area contributed by atoms with Crippen LogP contribution in [0.3, 0.4) is 0 Å². The minimum Gasteiger partial charge on any atom is -0.494 e. The molecule has 2 aromatic carbocycles. The fraction of sp³-hybridized carbons (Fsp3) is 0.273. The van der Waals surface area contributed by atoms with Crippen molar-refractivity contribution in [3.8, 4) is 17.2 Å². The Morgan fingerprint density at radius 2 is 1.93 bits per heavy atom. The van der Waals surface area contributed by atoms with Crippen LogP contribution in [0.1, 0.15) is 28.6 Å². The first-order chi connectivity index (χ1) is 14.5. The van der Waals surface area contributed by atoms with Crippen LogP contribution in [0.4, 0.5) is 0 Å². The minimum absolute atomic E-state index is 0.0715. The van der Waals surface area contributed by atoms with Crippen LogP contribution < -0.4 is 19.5 Å². The molecule has 8 heteroatoms. The number of aryl methyl sites for hydroxylation is 1. The summed E-state index contributed by atoms with van der Waals surface area (Å²) in [5.41, 5.74) is 2.03. The number of rotatable bonds is 7. The van der Waals surface area contributed by atoms with Crippen LogP contribution in [0.15, 0.2) is 40.8 Å². The third kappa shape index (κ3) is 4.03. The summed E-state index contributed by atoms with van der Waals surface area (Å²) < 4.78 is 26.8. The van der Waals surface area contributed by atoms with E-state index in [0.29, 0.717) is 35.0 Å². The SMILES string of the molecule is CCOc1ccc2oc(C(=O)OCC(=O)NCc3ccc4c(c3)OCO4)c(C)c2c1. The molecule has 3 aromatic rings. The van der Waals surface area contributed by atoms with E-state index < -0.39 is 18.5 Å². The molecule has 156 valence electrons. The molecule has 0 saturated heterocycles. The molecular weight excluding hydrogens is 390 g/mol. The summed E-state index contributed by atoms with van der Waals surface area (Å²) in [4.78, 5) is 24.5. The predicted molar refractivity (Wildman–Crippen MR) is 107 cm³/mol. The monoisotopic (exact) mass is 411 g/mol. The number of hydrogen-bond donors (Lipinski definition) is 1. The molecule has 0 fully saturated rings. The Hall–Kier alpha value is -3.68. The Morgan fingerprint density at radius 3 is 2.77 bits per heavy atom. The number of carbonyl (C=O) groups excluding carboxylic acids is 2. The van der Waals surface area contributed by atoms with Crippen molar-refractivity contribution in [2.24, 2.45) is 0 Å². The van der Waals surface area contributed by atoms with Gasteiger partial charge in [-0.2, -0.15) is 0 Å². The Bertz CT molecular complexity index is 1100. The average molecular weight is 411 g/mol. The highest BCUT2D eigenvalue weighted by Gasteiger charge is 2.20. The van der Waals surface area contributed by atoms with E-state index in [4.69, 9.17) is 23.4 Å². The summed E-state index contributed by atoms with van der Waals surface area (Å²) in [7, 11) is 0. The van der Waals surface area contributed by atoms with Crippen LogP contribution in [0, 0.1) is 6.92 Å². The first kappa shape index (κ1) is 19.6. The molecule has 1 amide bonds. The minimum atomic E-state index is -0.695. The Kier molecular flexibility index (Phi) is 5.47. The second-order valence-electron chi connectivity index (χ2n) is 6.69. The molecule has 0 saturated carbocycles. The number of amides is 1. The number of ether oxygens (including phenoxy) is 4. The van der Waals surface area contributed by atoms with E-state index in [1.165, 1.54) is 0 Å². The van der Waals surface area contributed by atoms with E-state index >= 15 is 0 Å². The first-order valence-corrected chi connectivity index (χ1v) is 9.53. The van der Waals surface area contributed by atoms with E-state index in [1.807, 2.05) is 19.1 Å². The molecule has 0 atom stereocenters. The summed E-state index contributed by atoms with van der Waals surface area (Å²) in [6, 6.07) is 10.7. The van der Waals surface area contributed by atoms with Gasteiger partial charge >= 0.3 is 5.97 Å². The molecule has 1 aliphatic heterocycles. The van der Waals surface area contributed by atoms with Gasteiger partial charge in [-0.3, -0.25) is 4.79 Å². The van der Waals surface area contributed by atoms with Gasteiger partial charge < -0.3 is 28.7 Å². The smallest absolute Gasteiger partial charge is 0.375 e. The summed E-state index contributed by atoms with van der Waals surface area (Å²) >= 11 is 0. The van der Waals surface area contributed by atoms with Crippen LogP contribution >= 0.6 is 0 Å². The van der Waals surface area contributed by atoms with E-state index in [1.54, 1.807) is 31.2 Å². The van der Waals surface area contributed by atoms with Gasteiger partial charge in [-0.05, 0) is 49.7 Å². The molecule has 1 aromatic heterocycles. The quantitative estimate of drug-likeness (QED) is 0.596. The predicted octanol–water partition coefficient (Wildman–Crippen LogP) is 3.34. The van der Waals surface area contributed by atoms with Gasteiger partial charge in [-0.1, -0.05) is 6.07 Å². The van der Waals surface area contributed by atoms with E-state index in [9.17, 15) is 9.59 Å². The molecule has 1 aliphatic rings. The van der Waals surface area contributed by atoms with Crippen molar-refractivity contribution in [2.45, 2.75) is 20.4 Å². The van der Waals surface area contributed by atoms with Gasteiger partial charge in [0, 0.05) is 17.5 Å². The molecule has 2 heterocycles. The zero-order chi connectivity index (χ0) is 21.1. The highest BCUT2D eigenvalue weighted by Crippen LogP contribution is 2.32. The number of nitrogens with one attached hydrogen (secondary N) is 1. The van der Waals surface area contributed by atoms with E-state index in [2.05, 4.69) is 5.32 Å². The van der Waals surface area contributed by atoms with Crippen LogP contribution in [-0.4, -0.2) is 31.9 Å². The van der Waals surface area contributed by atoms with Crippen LogP contribution in [0.2, 0.25) is 0 Å². The van der Waals surface area contributed by atoms with Crippen molar-refractivity contribution in [2.75, 3.05) is 20.0 Å². The maximum atomic E-state index is 12.4. The topological polar surface area (TPSA) is 96.2 Å². The van der Waals surface area contributed by atoms with Gasteiger partial charge in [0.25, 0.3) is 5.91 Å². The van der Waals surface area contributed by atoms with Crippen LogP contribution in [-0.2, 0) is 16.1 Å². The standard InChI is InChI=1S/C22H21NO7/c1-3-26-15-5-7-17-16(9-15)13(2)21(30-17)22(25)27-11-20(24)23-10-14-4-6-18-19(8-14)29-12-28-18/h4-9H,3,10-12H2,1-2H3,(H,23,24). The molecule has 8 nitrogen and oxygen atoms in total. The summed E-state index contributed by atoms with van der Waals surface area (Å²) in [6.45, 7) is 4.25. The summed E-state index contributed by atoms with van der Waals surface area (Å²) in [5.74, 6) is 0.960. The van der Waals surface area contributed by atoms with Gasteiger partial charge in [0.15, 0.2) is 18.1 Å². The third-order valence-corrected chi connectivity index (χ3v) is 4.67. The average Bonchev–Trinajstić information content (AvgIpc) is 3.35. The van der Waals surface area contributed by atoms with Crippen molar-refractivity contribution in [3.63, 3.8) is 0 Å². The number of furan rings is 1. The van der Waals surface area contributed by atoms with Crippen molar-refractivity contribution in [1.29, 1.82) is 0 Å². The first-order valence-electron chi connectivity index (χ1n) is 9.53. The van der Waals surface area contributed by atoms with Gasteiger partial charge in [0.05, 0.1) is 6.61 Å². The van der Waals surface area contributed by atoms with Crippen molar-refractivity contribution >= 4 is 22.8 Å². The fourth-order valence-corrected chi connectivity index (χ4v) is 3.15. The van der Waals surface area contributed by atoms with Gasteiger partial charge in [-0.25, -0.2) is 4.79 Å². The lowest BCUT2D eigenvalue weighted by atomic mass is 10.1. The van der Waals surface area contributed by atoms with Gasteiger partial charge in [0.1, 0.15) is 11.3 Å². The lowest BCUT2D eigenvalue weighted by molar-refractivity contribution is -0.124. The summed E-state index contributed by atoms with van der Waals surface area (Å²) in [6.07, 6.45) is 0. The lowest BCUT2D eigenvalue weighted by Gasteiger charge is -2.07. The second-order valence-corrected chi connectivity index (χ2v) is 6.69. The zero-order valence-electron chi connectivity index (χ0n) is 16.7. The van der Waals surface area contributed by atoms with Gasteiger partial charge in [0.2, 0.25) is 12.6 Å². The molecule has 0 bridgehead atoms. The molecule has 0 radical (unpaired) electrons. The molecule has 4 rings (SSSR count). The Labute approximate surface area is 172 Å². The Morgan fingerprint density at radius 1 is 1.10 bits per heavy atom. The van der Waals surface area contributed by atoms with Crippen molar-refractivity contribution in [3.05, 3.63) is 53.3 Å². The Balaban J connectivity index is 1.33. The summed E-state index contributed by atoms with van der Waals surface area (Å²) in [5, 5.41) is 3.46. The number of esters is 1. The highest BCUT2D eigenvalue weighted by atomic mass is 16.7. The van der Waals surface area contributed by atoms with E-state index in [-0.39, 0.29) is 19.1 Å². The maximum Gasteiger partial charge on any atom is 0.375 e. The van der Waals surface area contributed by atoms with E-state index in [0.717, 1.165) is 10.9 Å². The fourth-order valence-electron chi connectivity index (χ4n) is 3.15. The van der Waals surface area contributed by atoms with Crippen molar-refractivity contribution in [1.82, 2.24) is 5.32 Å².